The van der Waals surface area contributed by atoms with Crippen molar-refractivity contribution >= 4 is 28.3 Å². The summed E-state index contributed by atoms with van der Waals surface area (Å²) in [5.41, 5.74) is 2.54. The number of hydrogen-bond donors (Lipinski definition) is 2. The number of aliphatic hydroxyl groups excluding tert-OH is 1. The molecule has 1 aliphatic carbocycles. The van der Waals surface area contributed by atoms with Crippen LogP contribution in [0.2, 0.25) is 0 Å². The van der Waals surface area contributed by atoms with Gasteiger partial charge in [-0.1, -0.05) is 0 Å². The van der Waals surface area contributed by atoms with Gasteiger partial charge in [-0.15, -0.1) is 0 Å². The van der Waals surface area contributed by atoms with Crippen molar-refractivity contribution in [3.05, 3.63) is 27.3 Å². The number of nitrogens with one attached hydrogen (secondary N) is 1. The molecule has 0 unspecified atom stereocenters. The van der Waals surface area contributed by atoms with E-state index in [9.17, 15) is 5.11 Å². The highest BCUT2D eigenvalue weighted by molar-refractivity contribution is 14.1. The van der Waals surface area contributed by atoms with E-state index in [1.165, 1.54) is 14.8 Å². The Morgan fingerprint density at radius 1 is 1.25 bits per heavy atom. The maximum Gasteiger partial charge on any atom is 0.0541 e. The monoisotopic (exact) mass is 331 g/mol. The number of aryl methyl sites for hydroxylation is 1. The summed E-state index contributed by atoms with van der Waals surface area (Å²) in [5.74, 6) is 0. The number of hydrogen-bond acceptors (Lipinski definition) is 2. The second-order valence-corrected chi connectivity index (χ2v) is 5.85. The second kappa shape index (κ2) is 5.36. The molecular weight excluding hydrogens is 313 g/mol. The van der Waals surface area contributed by atoms with E-state index in [2.05, 4.69) is 53.0 Å². The molecule has 0 aliphatic heterocycles. The highest BCUT2D eigenvalue weighted by Crippen LogP contribution is 2.24. The van der Waals surface area contributed by atoms with Crippen LogP contribution < -0.4 is 5.32 Å². The van der Waals surface area contributed by atoms with Crippen LogP contribution >= 0.6 is 22.6 Å². The van der Waals surface area contributed by atoms with Crippen molar-refractivity contribution in [3.8, 4) is 0 Å². The zero-order valence-electron chi connectivity index (χ0n) is 9.54. The van der Waals surface area contributed by atoms with Crippen LogP contribution in [-0.2, 0) is 0 Å². The maximum absolute atomic E-state index is 9.46. The van der Waals surface area contributed by atoms with Gasteiger partial charge < -0.3 is 10.4 Å². The van der Waals surface area contributed by atoms with Crippen molar-refractivity contribution in [1.82, 2.24) is 0 Å². The van der Waals surface area contributed by atoms with E-state index < -0.39 is 0 Å². The molecule has 2 N–H and O–H groups in total. The van der Waals surface area contributed by atoms with E-state index in [1.54, 1.807) is 0 Å². The summed E-state index contributed by atoms with van der Waals surface area (Å²) in [6, 6.07) is 7.01. The summed E-state index contributed by atoms with van der Waals surface area (Å²) in [4.78, 5) is 0. The summed E-state index contributed by atoms with van der Waals surface area (Å²) in [6.07, 6.45) is 3.94. The van der Waals surface area contributed by atoms with Gasteiger partial charge in [0.05, 0.1) is 6.10 Å². The molecule has 0 saturated heterocycles. The highest BCUT2D eigenvalue weighted by atomic mass is 127. The van der Waals surface area contributed by atoms with Gasteiger partial charge in [-0.05, 0) is 79.0 Å². The molecular formula is C13H18INO. The molecule has 16 heavy (non-hydrogen) atoms. The molecule has 1 fully saturated rings. The van der Waals surface area contributed by atoms with Crippen molar-refractivity contribution in [2.24, 2.45) is 0 Å². The first-order valence-electron chi connectivity index (χ1n) is 5.86. The van der Waals surface area contributed by atoms with E-state index >= 15 is 0 Å². The van der Waals surface area contributed by atoms with Crippen molar-refractivity contribution in [3.63, 3.8) is 0 Å². The molecule has 3 heteroatoms. The zero-order chi connectivity index (χ0) is 11.5. The Balaban J connectivity index is 1.98. The minimum atomic E-state index is -0.0733. The van der Waals surface area contributed by atoms with Crippen LogP contribution in [0.5, 0.6) is 0 Å². The Kier molecular flexibility index (Phi) is 4.08. The van der Waals surface area contributed by atoms with Crippen LogP contribution in [0.4, 0.5) is 5.69 Å². The predicted molar refractivity (Wildman–Crippen MR) is 75.8 cm³/mol. The lowest BCUT2D eigenvalue weighted by Crippen LogP contribution is -2.28. The van der Waals surface area contributed by atoms with Crippen LogP contribution in [0, 0.1) is 10.5 Å². The van der Waals surface area contributed by atoms with Gasteiger partial charge in [0.25, 0.3) is 0 Å². The zero-order valence-corrected chi connectivity index (χ0v) is 11.7. The second-order valence-electron chi connectivity index (χ2n) is 4.61. The average Bonchev–Trinajstić information content (AvgIpc) is 2.25. The third-order valence-electron chi connectivity index (χ3n) is 3.24. The molecule has 0 aromatic heterocycles. The van der Waals surface area contributed by atoms with E-state index in [1.807, 2.05) is 0 Å². The topological polar surface area (TPSA) is 32.3 Å². The molecule has 0 bridgehead atoms. The van der Waals surface area contributed by atoms with Crippen LogP contribution in [0.15, 0.2) is 18.2 Å². The van der Waals surface area contributed by atoms with Crippen LogP contribution in [0.1, 0.15) is 31.2 Å². The van der Waals surface area contributed by atoms with Gasteiger partial charge in [0.2, 0.25) is 0 Å². The largest absolute Gasteiger partial charge is 0.393 e. The van der Waals surface area contributed by atoms with E-state index in [-0.39, 0.29) is 6.10 Å². The Labute approximate surface area is 111 Å². The average molecular weight is 331 g/mol. The minimum Gasteiger partial charge on any atom is -0.393 e. The smallest absolute Gasteiger partial charge is 0.0541 e. The van der Waals surface area contributed by atoms with Crippen LogP contribution in [0.3, 0.4) is 0 Å². The third kappa shape index (κ3) is 3.10. The number of rotatable bonds is 2. The number of aliphatic hydroxyl groups is 1. The Morgan fingerprint density at radius 2 is 1.94 bits per heavy atom. The summed E-state index contributed by atoms with van der Waals surface area (Å²) >= 11 is 2.33. The number of anilines is 1. The number of benzene rings is 1. The lowest BCUT2D eigenvalue weighted by atomic mass is 9.93. The highest BCUT2D eigenvalue weighted by Gasteiger charge is 2.19. The van der Waals surface area contributed by atoms with Gasteiger partial charge in [0.15, 0.2) is 0 Å². The van der Waals surface area contributed by atoms with Gasteiger partial charge in [0.1, 0.15) is 0 Å². The molecule has 0 radical (unpaired) electrons. The van der Waals surface area contributed by atoms with Crippen molar-refractivity contribution in [2.45, 2.75) is 44.8 Å². The molecule has 1 aromatic rings. The molecule has 0 atom stereocenters. The van der Waals surface area contributed by atoms with E-state index in [4.69, 9.17) is 0 Å². The molecule has 1 aromatic carbocycles. The van der Waals surface area contributed by atoms with Gasteiger partial charge >= 0.3 is 0 Å². The minimum absolute atomic E-state index is 0.0733. The Morgan fingerprint density at radius 3 is 2.56 bits per heavy atom. The first kappa shape index (κ1) is 12.2. The summed E-state index contributed by atoms with van der Waals surface area (Å²) in [6.45, 7) is 2.14. The predicted octanol–water partition coefficient (Wildman–Crippen LogP) is 3.32. The Hall–Kier alpha value is -0.290. The van der Waals surface area contributed by atoms with Crippen molar-refractivity contribution in [2.75, 3.05) is 5.32 Å². The SMILES string of the molecule is Cc1cc(I)ccc1NC1CCC(O)CC1. The fraction of sp³-hybridized carbons (Fsp3) is 0.538. The van der Waals surface area contributed by atoms with Gasteiger partial charge in [-0.3, -0.25) is 0 Å². The first-order valence-corrected chi connectivity index (χ1v) is 6.94. The van der Waals surface area contributed by atoms with E-state index in [0.29, 0.717) is 6.04 Å². The van der Waals surface area contributed by atoms with Crippen LogP contribution in [-0.4, -0.2) is 17.3 Å². The summed E-state index contributed by atoms with van der Waals surface area (Å²) in [5, 5.41) is 13.0. The lowest BCUT2D eigenvalue weighted by Gasteiger charge is -2.27. The molecule has 1 aliphatic rings. The van der Waals surface area contributed by atoms with Gasteiger partial charge in [-0.25, -0.2) is 0 Å². The standard InChI is InChI=1S/C13H18INO/c1-9-8-10(14)2-7-13(9)15-11-3-5-12(16)6-4-11/h2,7-8,11-12,15-16H,3-6H2,1H3. The van der Waals surface area contributed by atoms with E-state index in [0.717, 1.165) is 25.7 Å². The van der Waals surface area contributed by atoms with Crippen molar-refractivity contribution < 1.29 is 5.11 Å². The molecule has 0 spiro atoms. The normalized spacial score (nSPS) is 25.4. The fourth-order valence-corrected chi connectivity index (χ4v) is 2.88. The Bertz CT molecular complexity index is 359. The maximum atomic E-state index is 9.46. The lowest BCUT2D eigenvalue weighted by molar-refractivity contribution is 0.126. The molecule has 2 rings (SSSR count). The fourth-order valence-electron chi connectivity index (χ4n) is 2.23. The molecule has 2 nitrogen and oxygen atoms in total. The van der Waals surface area contributed by atoms with Crippen LogP contribution in [0.25, 0.3) is 0 Å². The van der Waals surface area contributed by atoms with Crippen molar-refractivity contribution in [1.29, 1.82) is 0 Å². The molecule has 0 heterocycles. The molecule has 0 amide bonds. The summed E-state index contributed by atoms with van der Waals surface area (Å²) in [7, 11) is 0. The van der Waals surface area contributed by atoms with Gasteiger partial charge in [-0.2, -0.15) is 0 Å². The number of halogens is 1. The van der Waals surface area contributed by atoms with Gasteiger partial charge in [0, 0.05) is 15.3 Å². The summed E-state index contributed by atoms with van der Waals surface area (Å²) < 4.78 is 1.28. The third-order valence-corrected chi connectivity index (χ3v) is 3.92. The first-order chi connectivity index (χ1) is 7.65. The quantitative estimate of drug-likeness (QED) is 0.815. The molecule has 88 valence electrons. The molecule has 1 saturated carbocycles.